The van der Waals surface area contributed by atoms with Crippen LogP contribution in [0.3, 0.4) is 0 Å². The lowest BCUT2D eigenvalue weighted by molar-refractivity contribution is -0.136. The summed E-state index contributed by atoms with van der Waals surface area (Å²) in [6.07, 6.45) is 6.09. The molecule has 90 valence electrons. The van der Waals surface area contributed by atoms with Crippen LogP contribution in [-0.2, 0) is 4.74 Å². The predicted octanol–water partition coefficient (Wildman–Crippen LogP) is 1.35. The number of carbonyl (C=O) groups is 1. The van der Waals surface area contributed by atoms with Gasteiger partial charge in [0.05, 0.1) is 0 Å². The average Bonchev–Trinajstić information content (AvgIpc) is 2.15. The van der Waals surface area contributed by atoms with Crippen LogP contribution in [0.2, 0.25) is 0 Å². The molecule has 4 nitrogen and oxygen atoms in total. The summed E-state index contributed by atoms with van der Waals surface area (Å²) in [5, 5.41) is 0. The standard InChI is InChI=1S/C12H20N2O2/c13-11(15)14-8-12(4-1-5-12)10(14)9-2-6-16-7-3-9/h9-10H,1-8H2,(H2,13,15). The van der Waals surface area contributed by atoms with Crippen LogP contribution in [0.5, 0.6) is 0 Å². The van der Waals surface area contributed by atoms with E-state index in [1.54, 1.807) is 0 Å². The van der Waals surface area contributed by atoms with Crippen LogP contribution in [0.1, 0.15) is 32.1 Å². The highest BCUT2D eigenvalue weighted by Crippen LogP contribution is 2.56. The molecule has 0 aromatic carbocycles. The highest BCUT2D eigenvalue weighted by atomic mass is 16.5. The Kier molecular flexibility index (Phi) is 2.35. The molecule has 2 saturated heterocycles. The lowest BCUT2D eigenvalue weighted by Gasteiger charge is -2.64. The van der Waals surface area contributed by atoms with Gasteiger partial charge in [-0.25, -0.2) is 4.79 Å². The van der Waals surface area contributed by atoms with E-state index in [1.807, 2.05) is 4.90 Å². The van der Waals surface area contributed by atoms with Crippen molar-refractivity contribution in [1.82, 2.24) is 4.90 Å². The lowest BCUT2D eigenvalue weighted by atomic mass is 9.54. The molecule has 1 atom stereocenters. The van der Waals surface area contributed by atoms with Crippen molar-refractivity contribution in [1.29, 1.82) is 0 Å². The largest absolute Gasteiger partial charge is 0.381 e. The van der Waals surface area contributed by atoms with Crippen LogP contribution in [0.4, 0.5) is 4.79 Å². The first-order valence-electron chi connectivity index (χ1n) is 6.37. The number of carbonyl (C=O) groups excluding carboxylic acids is 1. The average molecular weight is 224 g/mol. The topological polar surface area (TPSA) is 55.6 Å². The molecule has 4 heteroatoms. The molecular weight excluding hydrogens is 204 g/mol. The van der Waals surface area contributed by atoms with Gasteiger partial charge in [-0.1, -0.05) is 6.42 Å². The number of nitrogens with two attached hydrogens (primary N) is 1. The number of primary amides is 1. The number of likely N-dealkylation sites (tertiary alicyclic amines) is 1. The Morgan fingerprint density at radius 2 is 2.00 bits per heavy atom. The van der Waals surface area contributed by atoms with Gasteiger partial charge in [-0.05, 0) is 31.6 Å². The fourth-order valence-electron chi connectivity index (χ4n) is 3.84. The molecule has 2 aliphatic heterocycles. The van der Waals surface area contributed by atoms with Gasteiger partial charge in [0.25, 0.3) is 0 Å². The Bertz CT molecular complexity index is 295. The first-order valence-corrected chi connectivity index (χ1v) is 6.37. The van der Waals surface area contributed by atoms with Gasteiger partial charge in [0.15, 0.2) is 0 Å². The third-order valence-electron chi connectivity index (χ3n) is 4.79. The summed E-state index contributed by atoms with van der Waals surface area (Å²) in [5.74, 6) is 0.621. The summed E-state index contributed by atoms with van der Waals surface area (Å²) in [6, 6.07) is 0.191. The summed E-state index contributed by atoms with van der Waals surface area (Å²) in [7, 11) is 0. The van der Waals surface area contributed by atoms with E-state index in [1.165, 1.54) is 19.3 Å². The van der Waals surface area contributed by atoms with Gasteiger partial charge >= 0.3 is 6.03 Å². The molecule has 0 aromatic rings. The number of ether oxygens (including phenoxy) is 1. The smallest absolute Gasteiger partial charge is 0.315 e. The Balaban J connectivity index is 1.74. The molecule has 3 aliphatic rings. The first kappa shape index (κ1) is 10.4. The van der Waals surface area contributed by atoms with Crippen LogP contribution in [0.15, 0.2) is 0 Å². The van der Waals surface area contributed by atoms with E-state index in [0.29, 0.717) is 17.4 Å². The van der Waals surface area contributed by atoms with Gasteiger partial charge in [0.1, 0.15) is 0 Å². The molecule has 0 aromatic heterocycles. The summed E-state index contributed by atoms with van der Waals surface area (Å²) in [5.41, 5.74) is 5.89. The van der Waals surface area contributed by atoms with Gasteiger partial charge in [-0.2, -0.15) is 0 Å². The molecule has 0 bridgehead atoms. The number of hydrogen-bond donors (Lipinski definition) is 1. The molecule has 2 N–H and O–H groups in total. The minimum Gasteiger partial charge on any atom is -0.381 e. The van der Waals surface area contributed by atoms with Crippen molar-refractivity contribution in [2.75, 3.05) is 19.8 Å². The van der Waals surface area contributed by atoms with E-state index in [2.05, 4.69) is 0 Å². The van der Waals surface area contributed by atoms with Crippen molar-refractivity contribution < 1.29 is 9.53 Å². The molecule has 3 rings (SSSR count). The summed E-state index contributed by atoms with van der Waals surface area (Å²) < 4.78 is 5.40. The van der Waals surface area contributed by atoms with Gasteiger partial charge < -0.3 is 15.4 Å². The van der Waals surface area contributed by atoms with Crippen LogP contribution >= 0.6 is 0 Å². The second-order valence-corrected chi connectivity index (χ2v) is 5.58. The Morgan fingerprint density at radius 1 is 1.31 bits per heavy atom. The zero-order chi connectivity index (χ0) is 11.2. The second-order valence-electron chi connectivity index (χ2n) is 5.58. The third-order valence-corrected chi connectivity index (χ3v) is 4.79. The molecule has 3 fully saturated rings. The zero-order valence-electron chi connectivity index (χ0n) is 9.65. The minimum atomic E-state index is -0.228. The van der Waals surface area contributed by atoms with E-state index in [-0.39, 0.29) is 6.03 Å². The van der Waals surface area contributed by atoms with Gasteiger partial charge in [-0.3, -0.25) is 0 Å². The fourth-order valence-corrected chi connectivity index (χ4v) is 3.84. The van der Waals surface area contributed by atoms with Gasteiger partial charge in [0.2, 0.25) is 0 Å². The maximum Gasteiger partial charge on any atom is 0.315 e. The number of amides is 2. The second kappa shape index (κ2) is 3.62. The van der Waals surface area contributed by atoms with Crippen molar-refractivity contribution in [3.05, 3.63) is 0 Å². The van der Waals surface area contributed by atoms with E-state index < -0.39 is 0 Å². The van der Waals surface area contributed by atoms with E-state index in [4.69, 9.17) is 10.5 Å². The molecule has 2 amide bonds. The molecular formula is C12H20N2O2. The molecule has 1 aliphatic carbocycles. The van der Waals surface area contributed by atoms with Crippen molar-refractivity contribution in [3.63, 3.8) is 0 Å². The van der Waals surface area contributed by atoms with Crippen LogP contribution in [-0.4, -0.2) is 36.7 Å². The Labute approximate surface area is 96.1 Å². The van der Waals surface area contributed by atoms with Crippen LogP contribution in [0.25, 0.3) is 0 Å². The van der Waals surface area contributed by atoms with Crippen molar-refractivity contribution in [3.8, 4) is 0 Å². The summed E-state index contributed by atoms with van der Waals surface area (Å²) in [4.78, 5) is 13.3. The lowest BCUT2D eigenvalue weighted by Crippen LogP contribution is -2.72. The summed E-state index contributed by atoms with van der Waals surface area (Å²) >= 11 is 0. The maximum atomic E-state index is 11.4. The Morgan fingerprint density at radius 3 is 2.50 bits per heavy atom. The molecule has 0 radical (unpaired) electrons. The highest BCUT2D eigenvalue weighted by Gasteiger charge is 2.59. The number of urea groups is 1. The quantitative estimate of drug-likeness (QED) is 0.731. The number of hydrogen-bond acceptors (Lipinski definition) is 2. The third kappa shape index (κ3) is 1.35. The SMILES string of the molecule is NC(=O)N1CC2(CCC2)C1C1CCOCC1. The molecule has 2 heterocycles. The first-order chi connectivity index (χ1) is 7.73. The Hall–Kier alpha value is -0.770. The van der Waals surface area contributed by atoms with E-state index in [0.717, 1.165) is 32.6 Å². The van der Waals surface area contributed by atoms with Crippen LogP contribution in [0, 0.1) is 11.3 Å². The number of rotatable bonds is 1. The zero-order valence-corrected chi connectivity index (χ0v) is 9.65. The van der Waals surface area contributed by atoms with Crippen molar-refractivity contribution >= 4 is 6.03 Å². The normalized spacial score (nSPS) is 33.2. The molecule has 1 saturated carbocycles. The van der Waals surface area contributed by atoms with Crippen molar-refractivity contribution in [2.24, 2.45) is 17.1 Å². The fraction of sp³-hybridized carbons (Fsp3) is 0.917. The van der Waals surface area contributed by atoms with Crippen LogP contribution < -0.4 is 5.73 Å². The molecule has 1 unspecified atom stereocenters. The van der Waals surface area contributed by atoms with E-state index in [9.17, 15) is 4.79 Å². The van der Waals surface area contributed by atoms with Gasteiger partial charge in [0, 0.05) is 31.2 Å². The number of nitrogens with zero attached hydrogens (tertiary/aromatic N) is 1. The van der Waals surface area contributed by atoms with Crippen molar-refractivity contribution in [2.45, 2.75) is 38.1 Å². The maximum absolute atomic E-state index is 11.4. The molecule has 1 spiro atoms. The summed E-state index contributed by atoms with van der Waals surface area (Å²) in [6.45, 7) is 2.61. The minimum absolute atomic E-state index is 0.228. The van der Waals surface area contributed by atoms with Gasteiger partial charge in [-0.15, -0.1) is 0 Å². The highest BCUT2D eigenvalue weighted by molar-refractivity contribution is 5.74. The molecule has 16 heavy (non-hydrogen) atoms. The predicted molar refractivity (Wildman–Crippen MR) is 59.9 cm³/mol. The monoisotopic (exact) mass is 224 g/mol. The van der Waals surface area contributed by atoms with E-state index >= 15 is 0 Å².